The van der Waals surface area contributed by atoms with Gasteiger partial charge in [-0.2, -0.15) is 4.31 Å². The maximum Gasteiger partial charge on any atom is 0.407 e. The average Bonchev–Trinajstić information content (AvgIpc) is 2.73. The van der Waals surface area contributed by atoms with Crippen molar-refractivity contribution in [1.82, 2.24) is 9.62 Å². The van der Waals surface area contributed by atoms with Crippen molar-refractivity contribution < 1.29 is 17.9 Å². The van der Waals surface area contributed by atoms with E-state index in [1.54, 1.807) is 27.7 Å². The predicted octanol–water partition coefficient (Wildman–Crippen LogP) is 2.94. The molecule has 0 saturated carbocycles. The van der Waals surface area contributed by atoms with E-state index >= 15 is 0 Å². The largest absolute Gasteiger partial charge is 0.444 e. The zero-order valence-electron chi connectivity index (χ0n) is 13.2. The molecular weight excluding hydrogens is 348 g/mol. The van der Waals surface area contributed by atoms with Crippen molar-refractivity contribution in [2.24, 2.45) is 0 Å². The molecule has 0 saturated heterocycles. The van der Waals surface area contributed by atoms with E-state index < -0.39 is 27.8 Å². The number of nitrogens with one attached hydrogen (secondary N) is 1. The molecule has 1 rings (SSSR count). The van der Waals surface area contributed by atoms with E-state index in [-0.39, 0.29) is 10.8 Å². The molecule has 0 aliphatic heterocycles. The average molecular weight is 369 g/mol. The van der Waals surface area contributed by atoms with E-state index in [1.165, 1.54) is 23.5 Å². The molecule has 0 aliphatic carbocycles. The Morgan fingerprint density at radius 2 is 2.05 bits per heavy atom. The molecule has 0 unspecified atom stereocenters. The number of hydrogen-bond donors (Lipinski definition) is 1. The highest BCUT2D eigenvalue weighted by atomic mass is 35.5. The molecule has 1 N–H and O–H groups in total. The molecule has 0 aromatic carbocycles. The van der Waals surface area contributed by atoms with Crippen molar-refractivity contribution >= 4 is 39.1 Å². The minimum Gasteiger partial charge on any atom is -0.444 e. The molecule has 0 fully saturated rings. The predicted molar refractivity (Wildman–Crippen MR) is 88.0 cm³/mol. The molecule has 1 aromatic rings. The second-order valence-electron chi connectivity index (χ2n) is 5.89. The number of hydrogen-bond acceptors (Lipinski definition) is 5. The Balaban J connectivity index is 2.64. The SMILES string of the molecule is C[C@@H](CN(C)S(=O)(=O)c1ccc(Cl)s1)NC(=O)OC(C)(C)C. The molecule has 1 amide bonds. The molecule has 22 heavy (non-hydrogen) atoms. The Kier molecular flexibility index (Phi) is 6.26. The molecule has 0 spiro atoms. The first kappa shape index (κ1) is 19.2. The smallest absolute Gasteiger partial charge is 0.407 e. The van der Waals surface area contributed by atoms with Crippen LogP contribution in [0.2, 0.25) is 4.34 Å². The van der Waals surface area contributed by atoms with Crippen LogP contribution < -0.4 is 5.32 Å². The number of likely N-dealkylation sites (N-methyl/N-ethyl adjacent to an activating group) is 1. The van der Waals surface area contributed by atoms with Crippen LogP contribution in [0.25, 0.3) is 0 Å². The molecule has 1 heterocycles. The summed E-state index contributed by atoms with van der Waals surface area (Å²) >= 11 is 6.76. The van der Waals surface area contributed by atoms with Gasteiger partial charge in [0.15, 0.2) is 0 Å². The summed E-state index contributed by atoms with van der Waals surface area (Å²) in [4.78, 5) is 11.7. The fourth-order valence-corrected chi connectivity index (χ4v) is 4.58. The van der Waals surface area contributed by atoms with E-state index in [9.17, 15) is 13.2 Å². The van der Waals surface area contributed by atoms with Gasteiger partial charge in [0.1, 0.15) is 9.81 Å². The number of amides is 1. The first-order chi connectivity index (χ1) is 9.91. The fraction of sp³-hybridized carbons (Fsp3) is 0.615. The van der Waals surface area contributed by atoms with Gasteiger partial charge >= 0.3 is 6.09 Å². The molecule has 6 nitrogen and oxygen atoms in total. The highest BCUT2D eigenvalue weighted by molar-refractivity contribution is 7.91. The number of carbonyl (C=O) groups is 1. The molecule has 0 bridgehead atoms. The number of halogens is 1. The van der Waals surface area contributed by atoms with Gasteiger partial charge in [-0.05, 0) is 39.8 Å². The third-order valence-electron chi connectivity index (χ3n) is 2.51. The third-order valence-corrected chi connectivity index (χ3v) is 6.03. The summed E-state index contributed by atoms with van der Waals surface area (Å²) in [7, 11) is -2.15. The van der Waals surface area contributed by atoms with Gasteiger partial charge < -0.3 is 10.1 Å². The van der Waals surface area contributed by atoms with E-state index in [0.29, 0.717) is 4.34 Å². The monoisotopic (exact) mass is 368 g/mol. The summed E-state index contributed by atoms with van der Waals surface area (Å²) in [6, 6.07) is 2.60. The summed E-state index contributed by atoms with van der Waals surface area (Å²) in [5, 5.41) is 2.61. The summed E-state index contributed by atoms with van der Waals surface area (Å²) in [5.41, 5.74) is -0.602. The lowest BCUT2D eigenvalue weighted by atomic mass is 10.2. The summed E-state index contributed by atoms with van der Waals surface area (Å²) in [5.74, 6) is 0. The Morgan fingerprint density at radius 3 is 2.50 bits per heavy atom. The molecule has 1 aromatic heterocycles. The van der Waals surface area contributed by atoms with Crippen LogP contribution >= 0.6 is 22.9 Å². The van der Waals surface area contributed by atoms with Gasteiger partial charge in [-0.15, -0.1) is 11.3 Å². The molecular formula is C13H21ClN2O4S2. The summed E-state index contributed by atoms with van der Waals surface area (Å²) in [6.45, 7) is 7.10. The fourth-order valence-electron chi connectivity index (χ4n) is 1.63. The lowest BCUT2D eigenvalue weighted by Crippen LogP contribution is -2.44. The lowest BCUT2D eigenvalue weighted by Gasteiger charge is -2.24. The molecule has 0 aliphatic rings. The number of sulfonamides is 1. The number of alkyl carbamates (subject to hydrolysis) is 1. The van der Waals surface area contributed by atoms with E-state index in [4.69, 9.17) is 16.3 Å². The third kappa shape index (κ3) is 5.75. The highest BCUT2D eigenvalue weighted by Crippen LogP contribution is 2.27. The van der Waals surface area contributed by atoms with E-state index in [1.807, 2.05) is 0 Å². The summed E-state index contributed by atoms with van der Waals surface area (Å²) in [6.07, 6.45) is -0.579. The van der Waals surface area contributed by atoms with Crippen molar-refractivity contribution in [2.75, 3.05) is 13.6 Å². The normalized spacial score (nSPS) is 14.0. The Bertz CT molecular complexity index is 622. The molecule has 126 valence electrons. The van der Waals surface area contributed by atoms with Crippen molar-refractivity contribution in [2.45, 2.75) is 43.5 Å². The minimum atomic E-state index is -3.61. The quantitative estimate of drug-likeness (QED) is 0.866. The van der Waals surface area contributed by atoms with Crippen LogP contribution in [0, 0.1) is 0 Å². The van der Waals surface area contributed by atoms with E-state index in [2.05, 4.69) is 5.32 Å². The van der Waals surface area contributed by atoms with Crippen molar-refractivity contribution in [3.05, 3.63) is 16.5 Å². The molecule has 1 atom stereocenters. The van der Waals surface area contributed by atoms with Gasteiger partial charge in [0.2, 0.25) is 0 Å². The van der Waals surface area contributed by atoms with Gasteiger partial charge in [0.05, 0.1) is 4.34 Å². The number of carbonyl (C=O) groups excluding carboxylic acids is 1. The van der Waals surface area contributed by atoms with Crippen molar-refractivity contribution in [3.63, 3.8) is 0 Å². The highest BCUT2D eigenvalue weighted by Gasteiger charge is 2.25. The second kappa shape index (κ2) is 7.16. The Morgan fingerprint density at radius 1 is 1.45 bits per heavy atom. The van der Waals surface area contributed by atoms with Gasteiger partial charge in [-0.1, -0.05) is 11.6 Å². The number of thiophene rings is 1. The van der Waals surface area contributed by atoms with Gasteiger partial charge in [-0.25, -0.2) is 13.2 Å². The van der Waals surface area contributed by atoms with Gasteiger partial charge in [0, 0.05) is 19.6 Å². The second-order valence-corrected chi connectivity index (χ2v) is 9.88. The first-order valence-corrected chi connectivity index (χ1v) is 9.26. The number of rotatable bonds is 5. The van der Waals surface area contributed by atoms with Crippen molar-refractivity contribution in [1.29, 1.82) is 0 Å². The van der Waals surface area contributed by atoms with Crippen LogP contribution in [0.4, 0.5) is 4.79 Å². The summed E-state index contributed by atoms with van der Waals surface area (Å²) < 4.78 is 31.5. The minimum absolute atomic E-state index is 0.122. The van der Waals surface area contributed by atoms with Crippen LogP contribution in [0.3, 0.4) is 0 Å². The number of ether oxygens (including phenoxy) is 1. The zero-order valence-corrected chi connectivity index (χ0v) is 15.6. The first-order valence-electron chi connectivity index (χ1n) is 6.63. The molecule has 0 radical (unpaired) electrons. The topological polar surface area (TPSA) is 75.7 Å². The van der Waals surface area contributed by atoms with Crippen molar-refractivity contribution in [3.8, 4) is 0 Å². The van der Waals surface area contributed by atoms with Crippen LogP contribution in [-0.4, -0.2) is 44.1 Å². The maximum absolute atomic E-state index is 12.3. The lowest BCUT2D eigenvalue weighted by molar-refractivity contribution is 0.0504. The number of nitrogens with zero attached hydrogens (tertiary/aromatic N) is 1. The zero-order chi connectivity index (χ0) is 17.1. The van der Waals surface area contributed by atoms with Gasteiger partial charge in [-0.3, -0.25) is 0 Å². The van der Waals surface area contributed by atoms with Crippen LogP contribution in [0.15, 0.2) is 16.3 Å². The van der Waals surface area contributed by atoms with Crippen LogP contribution in [-0.2, 0) is 14.8 Å². The Labute approximate surface area is 140 Å². The van der Waals surface area contributed by atoms with E-state index in [0.717, 1.165) is 11.3 Å². The van der Waals surface area contributed by atoms with Crippen LogP contribution in [0.5, 0.6) is 0 Å². The maximum atomic E-state index is 12.3. The molecule has 9 heteroatoms. The van der Waals surface area contributed by atoms with Crippen LogP contribution in [0.1, 0.15) is 27.7 Å². The standard InChI is InChI=1S/C13H21ClN2O4S2/c1-9(15-12(17)20-13(2,3)4)8-16(5)22(18,19)11-7-6-10(14)21-11/h6-7,9H,8H2,1-5H3,(H,15,17)/t9-/m0/s1. The Hall–Kier alpha value is -0.830. The van der Waals surface area contributed by atoms with Gasteiger partial charge in [0.25, 0.3) is 10.0 Å².